The summed E-state index contributed by atoms with van der Waals surface area (Å²) in [7, 11) is 0. The van der Waals surface area contributed by atoms with Crippen LogP contribution in [-0.2, 0) is 14.4 Å². The molecule has 1 heterocycles. The van der Waals surface area contributed by atoms with E-state index in [1.165, 1.54) is 0 Å². The van der Waals surface area contributed by atoms with E-state index in [2.05, 4.69) is 25.9 Å². The van der Waals surface area contributed by atoms with Crippen molar-refractivity contribution in [3.05, 3.63) is 0 Å². The fraction of sp³-hybridized carbons (Fsp3) is 0.857. The van der Waals surface area contributed by atoms with Crippen LogP contribution in [0.2, 0.25) is 0 Å². The zero-order valence-electron chi connectivity index (χ0n) is 11.7. The molecule has 4 nitrogen and oxygen atoms in total. The molecule has 2 rings (SSSR count). The number of carbonyl (C=O) groups excluding carboxylic acids is 1. The van der Waals surface area contributed by atoms with Gasteiger partial charge in [-0.05, 0) is 25.2 Å². The van der Waals surface area contributed by atoms with Gasteiger partial charge < -0.3 is 9.57 Å². The average Bonchev–Trinajstić information content (AvgIpc) is 2.99. The summed E-state index contributed by atoms with van der Waals surface area (Å²) in [6.45, 7) is 8.53. The molecule has 0 amide bonds. The molecule has 0 aromatic carbocycles. The van der Waals surface area contributed by atoms with Crippen LogP contribution in [-0.4, -0.2) is 23.9 Å². The number of esters is 1. The number of carbonyl (C=O) groups is 1. The molecule has 0 aromatic heterocycles. The number of hydrogen-bond acceptors (Lipinski definition) is 4. The van der Waals surface area contributed by atoms with E-state index in [9.17, 15) is 4.79 Å². The minimum absolute atomic E-state index is 0.231. The first-order valence-electron chi connectivity index (χ1n) is 6.97. The van der Waals surface area contributed by atoms with Crippen molar-refractivity contribution in [2.75, 3.05) is 6.61 Å². The Balaban J connectivity index is 2.14. The van der Waals surface area contributed by atoms with Crippen molar-refractivity contribution in [1.29, 1.82) is 0 Å². The van der Waals surface area contributed by atoms with Crippen LogP contribution in [0.15, 0.2) is 5.16 Å². The largest absolute Gasteiger partial charge is 0.463 e. The minimum atomic E-state index is -0.823. The summed E-state index contributed by atoms with van der Waals surface area (Å²) in [5, 5.41) is 4.14. The molecule has 0 saturated heterocycles. The highest BCUT2D eigenvalue weighted by Crippen LogP contribution is 2.53. The van der Waals surface area contributed by atoms with E-state index in [0.29, 0.717) is 24.9 Å². The fourth-order valence-corrected chi connectivity index (χ4v) is 2.77. The molecule has 1 fully saturated rings. The number of nitrogens with zero attached hydrogens (tertiary/aromatic N) is 1. The topological polar surface area (TPSA) is 47.9 Å². The third-order valence-electron chi connectivity index (χ3n) is 4.10. The van der Waals surface area contributed by atoms with E-state index in [4.69, 9.17) is 9.57 Å². The first kappa shape index (κ1) is 13.4. The normalized spacial score (nSPS) is 34.2. The van der Waals surface area contributed by atoms with Crippen LogP contribution in [0.5, 0.6) is 0 Å². The first-order chi connectivity index (χ1) is 8.55. The highest BCUT2D eigenvalue weighted by molar-refractivity contribution is 5.95. The Morgan fingerprint density at radius 1 is 1.56 bits per heavy atom. The fourth-order valence-electron chi connectivity index (χ4n) is 2.77. The Morgan fingerprint density at radius 3 is 2.72 bits per heavy atom. The van der Waals surface area contributed by atoms with Crippen LogP contribution in [0, 0.1) is 17.8 Å². The van der Waals surface area contributed by atoms with Crippen LogP contribution in [0.3, 0.4) is 0 Å². The monoisotopic (exact) mass is 253 g/mol. The van der Waals surface area contributed by atoms with E-state index >= 15 is 0 Å². The third-order valence-corrected chi connectivity index (χ3v) is 4.10. The van der Waals surface area contributed by atoms with Gasteiger partial charge in [-0.2, -0.15) is 0 Å². The van der Waals surface area contributed by atoms with Gasteiger partial charge in [-0.3, -0.25) is 0 Å². The van der Waals surface area contributed by atoms with Gasteiger partial charge in [-0.1, -0.05) is 32.3 Å². The van der Waals surface area contributed by atoms with Gasteiger partial charge in [0.05, 0.1) is 12.3 Å². The van der Waals surface area contributed by atoms with Gasteiger partial charge >= 0.3 is 5.97 Å². The van der Waals surface area contributed by atoms with Crippen molar-refractivity contribution >= 4 is 11.7 Å². The minimum Gasteiger partial charge on any atom is -0.463 e. The Morgan fingerprint density at radius 2 is 2.28 bits per heavy atom. The molecule has 18 heavy (non-hydrogen) atoms. The second kappa shape index (κ2) is 4.90. The van der Waals surface area contributed by atoms with E-state index < -0.39 is 5.60 Å². The van der Waals surface area contributed by atoms with Crippen LogP contribution < -0.4 is 0 Å². The van der Waals surface area contributed by atoms with Crippen molar-refractivity contribution in [2.45, 2.75) is 52.6 Å². The molecule has 0 bridgehead atoms. The Labute approximate surface area is 109 Å². The zero-order valence-corrected chi connectivity index (χ0v) is 11.7. The van der Waals surface area contributed by atoms with Crippen LogP contribution in [0.4, 0.5) is 0 Å². The summed E-state index contributed by atoms with van der Waals surface area (Å²) in [6, 6.07) is 0. The Bertz CT molecular complexity index is 364. The van der Waals surface area contributed by atoms with Crippen molar-refractivity contribution in [1.82, 2.24) is 0 Å². The average molecular weight is 253 g/mol. The molecule has 3 unspecified atom stereocenters. The highest BCUT2D eigenvalue weighted by atomic mass is 16.7. The first-order valence-corrected chi connectivity index (χ1v) is 6.97. The lowest BCUT2D eigenvalue weighted by Gasteiger charge is -2.24. The molecule has 1 aliphatic heterocycles. The summed E-state index contributed by atoms with van der Waals surface area (Å²) in [5.41, 5.74) is 0.154. The van der Waals surface area contributed by atoms with Crippen LogP contribution in [0.1, 0.15) is 47.0 Å². The van der Waals surface area contributed by atoms with E-state index in [1.807, 2.05) is 6.92 Å². The second-order valence-electron chi connectivity index (χ2n) is 5.63. The number of rotatable bonds is 5. The maximum absolute atomic E-state index is 12.3. The molecule has 1 aliphatic carbocycles. The molecule has 0 aromatic rings. The third kappa shape index (κ3) is 2.13. The standard InChI is InChI=1S/C14H23NO3/c1-5-10-7-11(10)14(13(16)17-6-2)8-12(9(3)4)15-18-14/h9-11H,5-8H2,1-4H3. The van der Waals surface area contributed by atoms with Gasteiger partial charge in [0.2, 0.25) is 5.60 Å². The molecule has 1 saturated carbocycles. The molecule has 102 valence electrons. The molecule has 4 heteroatoms. The van der Waals surface area contributed by atoms with Gasteiger partial charge in [0, 0.05) is 12.3 Å². The molecule has 3 atom stereocenters. The predicted octanol–water partition coefficient (Wildman–Crippen LogP) is 2.77. The lowest BCUT2D eigenvalue weighted by molar-refractivity contribution is -0.172. The molecular weight excluding hydrogens is 230 g/mol. The lowest BCUT2D eigenvalue weighted by atomic mass is 9.87. The summed E-state index contributed by atoms with van der Waals surface area (Å²) >= 11 is 0. The summed E-state index contributed by atoms with van der Waals surface area (Å²) in [4.78, 5) is 17.9. The van der Waals surface area contributed by atoms with Crippen molar-refractivity contribution in [3.8, 4) is 0 Å². The van der Waals surface area contributed by atoms with Crippen LogP contribution >= 0.6 is 0 Å². The Hall–Kier alpha value is -1.06. The lowest BCUT2D eigenvalue weighted by Crippen LogP contribution is -2.43. The van der Waals surface area contributed by atoms with Gasteiger partial charge in [0.1, 0.15) is 0 Å². The quantitative estimate of drug-likeness (QED) is 0.708. The number of ether oxygens (including phenoxy) is 1. The maximum atomic E-state index is 12.3. The summed E-state index contributed by atoms with van der Waals surface area (Å²) < 4.78 is 5.21. The van der Waals surface area contributed by atoms with Gasteiger partial charge in [-0.25, -0.2) is 4.79 Å². The Kier molecular flexibility index (Phi) is 3.64. The van der Waals surface area contributed by atoms with Crippen molar-refractivity contribution < 1.29 is 14.4 Å². The number of oxime groups is 1. The van der Waals surface area contributed by atoms with Crippen molar-refractivity contribution in [2.24, 2.45) is 22.9 Å². The van der Waals surface area contributed by atoms with E-state index in [1.54, 1.807) is 0 Å². The number of hydrogen-bond donors (Lipinski definition) is 0. The van der Waals surface area contributed by atoms with Gasteiger partial charge in [0.15, 0.2) is 0 Å². The highest BCUT2D eigenvalue weighted by Gasteiger charge is 2.62. The van der Waals surface area contributed by atoms with E-state index in [0.717, 1.165) is 18.6 Å². The molecule has 0 radical (unpaired) electrons. The van der Waals surface area contributed by atoms with Gasteiger partial charge in [0.25, 0.3) is 0 Å². The SMILES string of the molecule is CCOC(=O)C1(C2CC2CC)CC(C(C)C)=NO1. The summed E-state index contributed by atoms with van der Waals surface area (Å²) in [6.07, 6.45) is 2.74. The van der Waals surface area contributed by atoms with E-state index in [-0.39, 0.29) is 11.9 Å². The molecule has 0 N–H and O–H groups in total. The van der Waals surface area contributed by atoms with Crippen LogP contribution in [0.25, 0.3) is 0 Å². The predicted molar refractivity (Wildman–Crippen MR) is 69.2 cm³/mol. The zero-order chi connectivity index (χ0) is 13.3. The summed E-state index contributed by atoms with van der Waals surface area (Å²) in [5.74, 6) is 0.947. The molecular formula is C14H23NO3. The second-order valence-corrected chi connectivity index (χ2v) is 5.63. The molecule has 0 spiro atoms. The molecule has 2 aliphatic rings. The maximum Gasteiger partial charge on any atom is 0.354 e. The smallest absolute Gasteiger partial charge is 0.354 e. The van der Waals surface area contributed by atoms with Crippen molar-refractivity contribution in [3.63, 3.8) is 0 Å². The van der Waals surface area contributed by atoms with Gasteiger partial charge in [-0.15, -0.1) is 0 Å².